The Morgan fingerprint density at radius 2 is 2.12 bits per heavy atom. The Labute approximate surface area is 97.7 Å². The fraction of sp³-hybridized carbons (Fsp3) is 0.917. The van der Waals surface area contributed by atoms with Gasteiger partial charge in [0.05, 0.1) is 12.5 Å². The van der Waals surface area contributed by atoms with Crippen molar-refractivity contribution in [1.29, 1.82) is 0 Å². The van der Waals surface area contributed by atoms with E-state index >= 15 is 0 Å². The minimum Gasteiger partial charge on any atom is -0.460 e. The second-order valence-electron chi connectivity index (χ2n) is 5.32. The highest BCUT2D eigenvalue weighted by molar-refractivity contribution is 5.70. The molecule has 0 aromatic rings. The number of rotatable bonds is 3. The highest BCUT2D eigenvalue weighted by Crippen LogP contribution is 2.20. The maximum absolute atomic E-state index is 11.7. The molecule has 0 saturated carbocycles. The summed E-state index contributed by atoms with van der Waals surface area (Å²) in [5, 5.41) is 3.28. The largest absolute Gasteiger partial charge is 0.460 e. The van der Waals surface area contributed by atoms with E-state index in [1.165, 1.54) is 0 Å². The molecule has 1 N–H and O–H groups in total. The standard InChI is InChI=1S/C12H23NO3/c1-12(2,3)16-11(14)7-9-8-13-6-5-10(9)15-4/h9-10,13H,5-8H2,1-4H3/t9-,10-/m0/s1. The minimum absolute atomic E-state index is 0.136. The summed E-state index contributed by atoms with van der Waals surface area (Å²) < 4.78 is 10.7. The van der Waals surface area contributed by atoms with Crippen LogP contribution in [0.4, 0.5) is 0 Å². The van der Waals surface area contributed by atoms with Gasteiger partial charge >= 0.3 is 5.97 Å². The fourth-order valence-corrected chi connectivity index (χ4v) is 2.01. The predicted molar refractivity (Wildman–Crippen MR) is 62.2 cm³/mol. The molecule has 94 valence electrons. The lowest BCUT2D eigenvalue weighted by Gasteiger charge is -2.31. The van der Waals surface area contributed by atoms with Gasteiger partial charge in [-0.1, -0.05) is 0 Å². The maximum Gasteiger partial charge on any atom is 0.306 e. The third-order valence-corrected chi connectivity index (χ3v) is 2.69. The number of carbonyl (C=O) groups is 1. The first-order valence-corrected chi connectivity index (χ1v) is 5.88. The van der Waals surface area contributed by atoms with Crippen LogP contribution in [0.3, 0.4) is 0 Å². The molecule has 0 radical (unpaired) electrons. The molecule has 0 aliphatic carbocycles. The summed E-state index contributed by atoms with van der Waals surface area (Å²) in [7, 11) is 1.71. The molecule has 1 rings (SSSR count). The van der Waals surface area contributed by atoms with Crippen LogP contribution < -0.4 is 5.32 Å². The van der Waals surface area contributed by atoms with Crippen LogP contribution in [0.5, 0.6) is 0 Å². The predicted octanol–water partition coefficient (Wildman–Crippen LogP) is 1.34. The zero-order valence-electron chi connectivity index (χ0n) is 10.7. The molecule has 0 amide bonds. The molecular weight excluding hydrogens is 206 g/mol. The Morgan fingerprint density at radius 1 is 1.44 bits per heavy atom. The number of piperidine rings is 1. The molecule has 1 fully saturated rings. The molecule has 4 nitrogen and oxygen atoms in total. The lowest BCUT2D eigenvalue weighted by molar-refractivity contribution is -0.157. The summed E-state index contributed by atoms with van der Waals surface area (Å²) >= 11 is 0. The zero-order chi connectivity index (χ0) is 12.2. The SMILES string of the molecule is CO[C@H]1CCNC[C@@H]1CC(=O)OC(C)(C)C. The monoisotopic (exact) mass is 229 g/mol. The number of methoxy groups -OCH3 is 1. The molecule has 0 aromatic carbocycles. The van der Waals surface area contributed by atoms with Gasteiger partial charge in [-0.3, -0.25) is 4.79 Å². The first-order chi connectivity index (χ1) is 7.42. The lowest BCUT2D eigenvalue weighted by Crippen LogP contribution is -2.42. The summed E-state index contributed by atoms with van der Waals surface area (Å²) in [6.07, 6.45) is 1.57. The number of esters is 1. The number of hydrogen-bond donors (Lipinski definition) is 1. The van der Waals surface area contributed by atoms with Gasteiger partial charge in [0.2, 0.25) is 0 Å². The van der Waals surface area contributed by atoms with E-state index in [1.807, 2.05) is 20.8 Å². The molecule has 4 heteroatoms. The van der Waals surface area contributed by atoms with Crippen LogP contribution in [-0.2, 0) is 14.3 Å². The van der Waals surface area contributed by atoms with Gasteiger partial charge < -0.3 is 14.8 Å². The van der Waals surface area contributed by atoms with E-state index in [1.54, 1.807) is 7.11 Å². The summed E-state index contributed by atoms with van der Waals surface area (Å²) in [5.41, 5.74) is -0.401. The van der Waals surface area contributed by atoms with Crippen LogP contribution in [0.15, 0.2) is 0 Å². The van der Waals surface area contributed by atoms with Gasteiger partial charge in [-0.05, 0) is 33.7 Å². The van der Waals surface area contributed by atoms with Gasteiger partial charge in [0.1, 0.15) is 5.60 Å². The van der Waals surface area contributed by atoms with Crippen molar-refractivity contribution < 1.29 is 14.3 Å². The van der Waals surface area contributed by atoms with Crippen LogP contribution in [0, 0.1) is 5.92 Å². The Hall–Kier alpha value is -0.610. The molecule has 2 atom stereocenters. The van der Waals surface area contributed by atoms with Gasteiger partial charge in [0, 0.05) is 19.6 Å². The van der Waals surface area contributed by atoms with E-state index in [4.69, 9.17) is 9.47 Å². The van der Waals surface area contributed by atoms with Crippen LogP contribution in [0.2, 0.25) is 0 Å². The lowest BCUT2D eigenvalue weighted by atomic mass is 9.93. The Kier molecular flexibility index (Phi) is 4.74. The maximum atomic E-state index is 11.7. The van der Waals surface area contributed by atoms with Crippen LogP contribution in [0.25, 0.3) is 0 Å². The Morgan fingerprint density at radius 3 is 2.69 bits per heavy atom. The molecule has 1 saturated heterocycles. The molecule has 1 heterocycles. The van der Waals surface area contributed by atoms with E-state index in [0.29, 0.717) is 6.42 Å². The third-order valence-electron chi connectivity index (χ3n) is 2.69. The van der Waals surface area contributed by atoms with Crippen molar-refractivity contribution in [3.63, 3.8) is 0 Å². The highest BCUT2D eigenvalue weighted by Gasteiger charge is 2.28. The van der Waals surface area contributed by atoms with Crippen molar-refractivity contribution in [3.05, 3.63) is 0 Å². The van der Waals surface area contributed by atoms with Crippen LogP contribution >= 0.6 is 0 Å². The molecule has 1 aliphatic rings. The Balaban J connectivity index is 2.42. The molecule has 0 aromatic heterocycles. The molecule has 16 heavy (non-hydrogen) atoms. The molecular formula is C12H23NO3. The molecule has 0 bridgehead atoms. The number of hydrogen-bond acceptors (Lipinski definition) is 4. The molecule has 0 unspecified atom stereocenters. The highest BCUT2D eigenvalue weighted by atomic mass is 16.6. The fourth-order valence-electron chi connectivity index (χ4n) is 2.01. The molecule has 1 aliphatic heterocycles. The average Bonchev–Trinajstić information content (AvgIpc) is 2.15. The van der Waals surface area contributed by atoms with Gasteiger partial charge in [0.25, 0.3) is 0 Å². The van der Waals surface area contributed by atoms with Crippen molar-refractivity contribution in [2.75, 3.05) is 20.2 Å². The number of ether oxygens (including phenoxy) is 2. The Bertz CT molecular complexity index is 235. The van der Waals surface area contributed by atoms with Crippen molar-refractivity contribution >= 4 is 5.97 Å². The second kappa shape index (κ2) is 5.64. The van der Waals surface area contributed by atoms with E-state index in [-0.39, 0.29) is 18.0 Å². The normalized spacial score (nSPS) is 26.5. The minimum atomic E-state index is -0.401. The van der Waals surface area contributed by atoms with Crippen molar-refractivity contribution in [2.24, 2.45) is 5.92 Å². The van der Waals surface area contributed by atoms with Crippen molar-refractivity contribution in [3.8, 4) is 0 Å². The average molecular weight is 229 g/mol. The van der Waals surface area contributed by atoms with E-state index in [0.717, 1.165) is 19.5 Å². The number of nitrogens with one attached hydrogen (secondary N) is 1. The smallest absolute Gasteiger partial charge is 0.306 e. The third kappa shape index (κ3) is 4.49. The van der Waals surface area contributed by atoms with Gasteiger partial charge in [-0.15, -0.1) is 0 Å². The van der Waals surface area contributed by atoms with E-state index in [9.17, 15) is 4.79 Å². The molecule has 0 spiro atoms. The summed E-state index contributed by atoms with van der Waals surface area (Å²) in [5.74, 6) is 0.0943. The van der Waals surface area contributed by atoms with Crippen LogP contribution in [-0.4, -0.2) is 37.9 Å². The van der Waals surface area contributed by atoms with E-state index < -0.39 is 5.60 Å². The topological polar surface area (TPSA) is 47.6 Å². The first kappa shape index (κ1) is 13.5. The summed E-state index contributed by atoms with van der Waals surface area (Å²) in [4.78, 5) is 11.7. The quantitative estimate of drug-likeness (QED) is 0.742. The first-order valence-electron chi connectivity index (χ1n) is 5.88. The van der Waals surface area contributed by atoms with Crippen molar-refractivity contribution in [1.82, 2.24) is 5.32 Å². The summed E-state index contributed by atoms with van der Waals surface area (Å²) in [6.45, 7) is 7.45. The van der Waals surface area contributed by atoms with Crippen molar-refractivity contribution in [2.45, 2.75) is 45.3 Å². The van der Waals surface area contributed by atoms with E-state index in [2.05, 4.69) is 5.32 Å². The second-order valence-corrected chi connectivity index (χ2v) is 5.32. The number of carbonyl (C=O) groups excluding carboxylic acids is 1. The van der Waals surface area contributed by atoms with Gasteiger partial charge in [-0.25, -0.2) is 0 Å². The van der Waals surface area contributed by atoms with Gasteiger partial charge in [-0.2, -0.15) is 0 Å². The zero-order valence-corrected chi connectivity index (χ0v) is 10.7. The van der Waals surface area contributed by atoms with Gasteiger partial charge in [0.15, 0.2) is 0 Å². The summed E-state index contributed by atoms with van der Waals surface area (Å²) in [6, 6.07) is 0. The van der Waals surface area contributed by atoms with Crippen LogP contribution in [0.1, 0.15) is 33.6 Å².